The monoisotopic (exact) mass is 180 g/mol. The first-order valence-corrected chi connectivity index (χ1v) is 4.71. The summed E-state index contributed by atoms with van der Waals surface area (Å²) in [4.78, 5) is 13.6. The number of ketones is 1. The number of hydrogen-bond donors (Lipinski definition) is 0. The molecule has 0 N–H and O–H groups in total. The largest absolute Gasteiger partial charge is 0.288 e. The zero-order chi connectivity index (χ0) is 9.14. The van der Waals surface area contributed by atoms with Gasteiger partial charge >= 0.3 is 0 Å². The molecule has 2 heteroatoms. The Morgan fingerprint density at radius 2 is 2.17 bits per heavy atom. The minimum Gasteiger partial charge on any atom is -0.288 e. The van der Waals surface area contributed by atoms with Crippen LogP contribution in [0.25, 0.3) is 0 Å². The molecule has 64 valence electrons. The Hall–Kier alpha value is -0.890. The molecule has 0 aliphatic rings. The Kier molecular flexibility index (Phi) is 2.82. The normalized spacial score (nSPS) is 11.8. The Balaban J connectivity index is 2.93. The van der Waals surface area contributed by atoms with Crippen molar-refractivity contribution < 1.29 is 4.79 Å². The summed E-state index contributed by atoms with van der Waals surface area (Å²) < 4.78 is 0. The van der Waals surface area contributed by atoms with Gasteiger partial charge in [0.15, 0.2) is 5.78 Å². The fourth-order valence-electron chi connectivity index (χ4n) is 0.882. The van der Waals surface area contributed by atoms with Crippen molar-refractivity contribution in [2.24, 2.45) is 0 Å². The van der Waals surface area contributed by atoms with Crippen LogP contribution in [0.4, 0.5) is 0 Å². The van der Waals surface area contributed by atoms with Gasteiger partial charge in [-0.2, -0.15) is 0 Å². The minimum absolute atomic E-state index is 0.149. The lowest BCUT2D eigenvalue weighted by Gasteiger charge is -1.94. The Labute approximate surface area is 76.7 Å². The Morgan fingerprint density at radius 3 is 2.58 bits per heavy atom. The van der Waals surface area contributed by atoms with Crippen molar-refractivity contribution in [1.29, 1.82) is 0 Å². The molecule has 1 aromatic rings. The zero-order valence-corrected chi connectivity index (χ0v) is 8.37. The summed E-state index contributed by atoms with van der Waals surface area (Å²) in [6.07, 6.45) is 1.84. The maximum atomic E-state index is 11.5. The van der Waals surface area contributed by atoms with E-state index in [4.69, 9.17) is 0 Å². The van der Waals surface area contributed by atoms with E-state index in [2.05, 4.69) is 0 Å². The highest BCUT2D eigenvalue weighted by molar-refractivity contribution is 7.14. The van der Waals surface area contributed by atoms with Crippen molar-refractivity contribution in [3.63, 3.8) is 0 Å². The quantitative estimate of drug-likeness (QED) is 0.504. The van der Waals surface area contributed by atoms with Gasteiger partial charge in [-0.1, -0.05) is 6.08 Å². The van der Waals surface area contributed by atoms with Crippen LogP contribution in [-0.4, -0.2) is 5.78 Å². The molecule has 1 aromatic heterocycles. The molecule has 0 spiro atoms. The van der Waals surface area contributed by atoms with Crippen LogP contribution in [0.1, 0.15) is 28.4 Å². The predicted molar refractivity (Wildman–Crippen MR) is 52.8 cm³/mol. The summed E-state index contributed by atoms with van der Waals surface area (Å²) in [6, 6.07) is 3.86. The van der Waals surface area contributed by atoms with Crippen LogP contribution in [0.3, 0.4) is 0 Å². The number of hydrogen-bond acceptors (Lipinski definition) is 2. The van der Waals surface area contributed by atoms with Gasteiger partial charge in [-0.15, -0.1) is 11.3 Å². The van der Waals surface area contributed by atoms with Crippen LogP contribution in [0.2, 0.25) is 0 Å². The third-order valence-corrected chi connectivity index (χ3v) is 2.75. The molecule has 0 fully saturated rings. The fraction of sp³-hybridized carbons (Fsp3) is 0.300. The average molecular weight is 180 g/mol. The van der Waals surface area contributed by atoms with Gasteiger partial charge < -0.3 is 0 Å². The highest BCUT2D eigenvalue weighted by Crippen LogP contribution is 2.18. The third-order valence-electron chi connectivity index (χ3n) is 1.76. The molecular weight excluding hydrogens is 168 g/mol. The molecule has 12 heavy (non-hydrogen) atoms. The van der Waals surface area contributed by atoms with Gasteiger partial charge in [0.25, 0.3) is 0 Å². The van der Waals surface area contributed by atoms with Crippen LogP contribution in [0.15, 0.2) is 23.8 Å². The molecule has 0 aliphatic carbocycles. The number of carbonyl (C=O) groups excluding carboxylic acids is 1. The van der Waals surface area contributed by atoms with Crippen LogP contribution >= 0.6 is 11.3 Å². The van der Waals surface area contributed by atoms with E-state index in [0.29, 0.717) is 0 Å². The smallest absolute Gasteiger partial charge is 0.198 e. The van der Waals surface area contributed by atoms with Gasteiger partial charge in [0.2, 0.25) is 0 Å². The summed E-state index contributed by atoms with van der Waals surface area (Å²) in [5, 5.41) is 0. The predicted octanol–water partition coefficient (Wildman–Crippen LogP) is 3.21. The number of Topliss-reactive ketones (excluding diaryl/α,β-unsaturated/α-hetero) is 1. The van der Waals surface area contributed by atoms with E-state index in [-0.39, 0.29) is 5.78 Å². The average Bonchev–Trinajstić information content (AvgIpc) is 2.49. The van der Waals surface area contributed by atoms with Gasteiger partial charge in [0.05, 0.1) is 4.88 Å². The molecule has 1 heterocycles. The molecule has 0 saturated heterocycles. The van der Waals surface area contributed by atoms with Crippen molar-refractivity contribution in [1.82, 2.24) is 0 Å². The van der Waals surface area contributed by atoms with Crippen molar-refractivity contribution in [2.75, 3.05) is 0 Å². The van der Waals surface area contributed by atoms with E-state index in [1.54, 1.807) is 11.3 Å². The third kappa shape index (κ3) is 1.83. The van der Waals surface area contributed by atoms with Gasteiger partial charge in [-0.05, 0) is 38.5 Å². The second-order valence-electron chi connectivity index (χ2n) is 2.71. The lowest BCUT2D eigenvalue weighted by molar-refractivity contribution is 0.103. The highest BCUT2D eigenvalue weighted by atomic mass is 32.1. The topological polar surface area (TPSA) is 17.1 Å². The first-order valence-electron chi connectivity index (χ1n) is 3.89. The van der Waals surface area contributed by atoms with Gasteiger partial charge in [0.1, 0.15) is 0 Å². The van der Waals surface area contributed by atoms with E-state index in [9.17, 15) is 4.79 Å². The maximum absolute atomic E-state index is 11.5. The summed E-state index contributed by atoms with van der Waals surface area (Å²) in [5.74, 6) is 0.149. The van der Waals surface area contributed by atoms with Crippen LogP contribution < -0.4 is 0 Å². The molecule has 0 bridgehead atoms. The first-order chi connectivity index (χ1) is 5.65. The van der Waals surface area contributed by atoms with E-state index >= 15 is 0 Å². The number of thiophene rings is 1. The van der Waals surface area contributed by atoms with Crippen molar-refractivity contribution in [3.05, 3.63) is 33.5 Å². The number of carbonyl (C=O) groups is 1. The van der Waals surface area contributed by atoms with Gasteiger partial charge in [-0.25, -0.2) is 0 Å². The number of allylic oxidation sites excluding steroid dienone is 2. The summed E-state index contributed by atoms with van der Waals surface area (Å²) in [5.41, 5.74) is 0.817. The Morgan fingerprint density at radius 1 is 1.50 bits per heavy atom. The summed E-state index contributed by atoms with van der Waals surface area (Å²) >= 11 is 1.55. The molecule has 1 nitrogen and oxygen atoms in total. The van der Waals surface area contributed by atoms with Crippen LogP contribution in [0, 0.1) is 6.92 Å². The van der Waals surface area contributed by atoms with Crippen LogP contribution in [-0.2, 0) is 0 Å². The molecule has 0 amide bonds. The molecule has 0 saturated carbocycles. The lowest BCUT2D eigenvalue weighted by Crippen LogP contribution is -1.96. The van der Waals surface area contributed by atoms with Crippen LogP contribution in [0.5, 0.6) is 0 Å². The van der Waals surface area contributed by atoms with E-state index < -0.39 is 0 Å². The number of rotatable bonds is 2. The zero-order valence-electron chi connectivity index (χ0n) is 7.55. The van der Waals surface area contributed by atoms with E-state index in [0.717, 1.165) is 10.5 Å². The van der Waals surface area contributed by atoms with Crippen molar-refractivity contribution in [3.8, 4) is 0 Å². The minimum atomic E-state index is 0.149. The fourth-order valence-corrected chi connectivity index (χ4v) is 1.75. The van der Waals surface area contributed by atoms with E-state index in [1.807, 2.05) is 39.0 Å². The SMILES string of the molecule is C/C=C(\C)C(=O)c1ccc(C)s1. The van der Waals surface area contributed by atoms with Gasteiger partial charge in [-0.3, -0.25) is 4.79 Å². The molecule has 1 rings (SSSR count). The molecule has 0 aliphatic heterocycles. The molecule has 0 unspecified atom stereocenters. The van der Waals surface area contributed by atoms with Crippen molar-refractivity contribution in [2.45, 2.75) is 20.8 Å². The molecule has 0 aromatic carbocycles. The highest BCUT2D eigenvalue weighted by Gasteiger charge is 2.08. The standard InChI is InChI=1S/C10H12OS/c1-4-7(2)10(11)9-6-5-8(3)12-9/h4-6H,1-3H3/b7-4+. The summed E-state index contributed by atoms with van der Waals surface area (Å²) in [6.45, 7) is 5.73. The molecular formula is C10H12OS. The maximum Gasteiger partial charge on any atom is 0.198 e. The summed E-state index contributed by atoms with van der Waals surface area (Å²) in [7, 11) is 0. The lowest BCUT2D eigenvalue weighted by atomic mass is 10.1. The van der Waals surface area contributed by atoms with Gasteiger partial charge in [0, 0.05) is 4.88 Å². The van der Waals surface area contributed by atoms with E-state index in [1.165, 1.54) is 4.88 Å². The number of aryl methyl sites for hydroxylation is 1. The van der Waals surface area contributed by atoms with Crippen molar-refractivity contribution >= 4 is 17.1 Å². The molecule has 0 radical (unpaired) electrons. The second kappa shape index (κ2) is 3.68. The first kappa shape index (κ1) is 9.20. The second-order valence-corrected chi connectivity index (χ2v) is 4.00. The Bertz CT molecular complexity index is 320. The molecule has 0 atom stereocenters.